The summed E-state index contributed by atoms with van der Waals surface area (Å²) < 4.78 is 0. The van der Waals surface area contributed by atoms with E-state index in [0.717, 1.165) is 32.2 Å². The molecule has 3 atom stereocenters. The monoisotopic (exact) mass is 212 g/mol. The van der Waals surface area contributed by atoms with Gasteiger partial charge in [0.05, 0.1) is 6.10 Å². The van der Waals surface area contributed by atoms with E-state index in [0.29, 0.717) is 12.1 Å². The van der Waals surface area contributed by atoms with Crippen molar-refractivity contribution in [1.29, 1.82) is 0 Å². The predicted molar refractivity (Wildman–Crippen MR) is 57.1 cm³/mol. The van der Waals surface area contributed by atoms with Gasteiger partial charge in [-0.25, -0.2) is 0 Å². The van der Waals surface area contributed by atoms with Gasteiger partial charge in [-0.1, -0.05) is 6.92 Å². The predicted octanol–water partition coefficient (Wildman–Crippen LogP) is 0.0955. The van der Waals surface area contributed by atoms with Crippen LogP contribution in [0, 0.1) is 5.92 Å². The maximum absolute atomic E-state index is 11.0. The molecule has 2 aliphatic rings. The number of fused-ring (bicyclic) bond motifs is 2. The lowest BCUT2D eigenvalue weighted by Gasteiger charge is -2.38. The van der Waals surface area contributed by atoms with E-state index in [2.05, 4.69) is 4.90 Å². The van der Waals surface area contributed by atoms with Crippen molar-refractivity contribution in [2.45, 2.75) is 50.8 Å². The Hall–Kier alpha value is -0.610. The van der Waals surface area contributed by atoms with Gasteiger partial charge in [-0.2, -0.15) is 0 Å². The molecule has 2 saturated heterocycles. The highest BCUT2D eigenvalue weighted by molar-refractivity contribution is 5.76. The summed E-state index contributed by atoms with van der Waals surface area (Å²) in [5, 5.41) is 9.63. The van der Waals surface area contributed by atoms with Crippen LogP contribution in [0.2, 0.25) is 0 Å². The molecule has 0 spiro atoms. The first-order chi connectivity index (χ1) is 7.08. The number of aliphatic hydroxyl groups is 1. The number of carbonyl (C=O) groups excluding carboxylic acids is 1. The minimum absolute atomic E-state index is 0.0802. The number of piperidine rings is 1. The van der Waals surface area contributed by atoms with Crippen molar-refractivity contribution in [2.75, 3.05) is 6.54 Å². The minimum atomic E-state index is -0.222. The van der Waals surface area contributed by atoms with E-state index in [4.69, 9.17) is 5.73 Å². The molecule has 15 heavy (non-hydrogen) atoms. The second-order valence-corrected chi connectivity index (χ2v) is 5.01. The Morgan fingerprint density at radius 1 is 1.47 bits per heavy atom. The van der Waals surface area contributed by atoms with E-state index in [-0.39, 0.29) is 17.9 Å². The van der Waals surface area contributed by atoms with Crippen molar-refractivity contribution in [1.82, 2.24) is 4.90 Å². The van der Waals surface area contributed by atoms with Crippen LogP contribution in [0.15, 0.2) is 0 Å². The molecule has 0 aromatic carbocycles. The SMILES string of the molecule is CC(CN1C2CCC1CC(O)C2)C(N)=O. The molecule has 0 radical (unpaired) electrons. The van der Waals surface area contributed by atoms with Gasteiger partial charge in [-0.15, -0.1) is 0 Å². The van der Waals surface area contributed by atoms with E-state index in [1.165, 1.54) is 0 Å². The molecule has 2 fully saturated rings. The first kappa shape index (κ1) is 10.9. The first-order valence-electron chi connectivity index (χ1n) is 5.81. The van der Waals surface area contributed by atoms with E-state index in [1.807, 2.05) is 6.92 Å². The van der Waals surface area contributed by atoms with Crippen LogP contribution in [0.5, 0.6) is 0 Å². The van der Waals surface area contributed by atoms with Crippen LogP contribution in [0.3, 0.4) is 0 Å². The quantitative estimate of drug-likeness (QED) is 0.697. The van der Waals surface area contributed by atoms with Crippen LogP contribution in [-0.2, 0) is 4.79 Å². The van der Waals surface area contributed by atoms with Gasteiger partial charge in [0.15, 0.2) is 0 Å². The zero-order chi connectivity index (χ0) is 11.0. The number of carbonyl (C=O) groups is 1. The molecule has 4 heteroatoms. The number of amides is 1. The third kappa shape index (κ3) is 2.16. The summed E-state index contributed by atoms with van der Waals surface area (Å²) in [6.45, 7) is 2.64. The smallest absolute Gasteiger partial charge is 0.221 e. The van der Waals surface area contributed by atoms with Crippen LogP contribution in [-0.4, -0.2) is 40.6 Å². The number of hydrogen-bond acceptors (Lipinski definition) is 3. The summed E-state index contributed by atoms with van der Waals surface area (Å²) >= 11 is 0. The largest absolute Gasteiger partial charge is 0.393 e. The van der Waals surface area contributed by atoms with Crippen molar-refractivity contribution in [2.24, 2.45) is 11.7 Å². The van der Waals surface area contributed by atoms with Crippen LogP contribution < -0.4 is 5.73 Å². The second-order valence-electron chi connectivity index (χ2n) is 5.01. The Balaban J connectivity index is 1.96. The van der Waals surface area contributed by atoms with Gasteiger partial charge in [0.25, 0.3) is 0 Å². The van der Waals surface area contributed by atoms with E-state index in [1.54, 1.807) is 0 Å². The molecule has 2 rings (SSSR count). The fourth-order valence-electron chi connectivity index (χ4n) is 2.95. The molecule has 2 bridgehead atoms. The fourth-order valence-corrected chi connectivity index (χ4v) is 2.95. The molecule has 2 heterocycles. The highest BCUT2D eigenvalue weighted by Crippen LogP contribution is 2.35. The summed E-state index contributed by atoms with van der Waals surface area (Å²) in [7, 11) is 0. The van der Waals surface area contributed by atoms with Gasteiger partial charge in [0.1, 0.15) is 0 Å². The molecule has 4 nitrogen and oxygen atoms in total. The summed E-state index contributed by atoms with van der Waals surface area (Å²) in [6.07, 6.45) is 3.91. The third-order valence-electron chi connectivity index (χ3n) is 3.83. The molecule has 3 N–H and O–H groups in total. The summed E-state index contributed by atoms with van der Waals surface area (Å²) in [5.74, 6) is -0.302. The number of rotatable bonds is 3. The lowest BCUT2D eigenvalue weighted by Crippen LogP contribution is -2.47. The number of primary amides is 1. The van der Waals surface area contributed by atoms with Crippen LogP contribution >= 0.6 is 0 Å². The highest BCUT2D eigenvalue weighted by atomic mass is 16.3. The fraction of sp³-hybridized carbons (Fsp3) is 0.909. The van der Waals surface area contributed by atoms with Gasteiger partial charge in [0, 0.05) is 24.5 Å². The third-order valence-corrected chi connectivity index (χ3v) is 3.83. The lowest BCUT2D eigenvalue weighted by atomic mass is 9.98. The van der Waals surface area contributed by atoms with E-state index in [9.17, 15) is 9.90 Å². The van der Waals surface area contributed by atoms with E-state index >= 15 is 0 Å². The average Bonchev–Trinajstić information content (AvgIpc) is 2.42. The molecule has 0 saturated carbocycles. The normalized spacial score (nSPS) is 37.9. The Bertz CT molecular complexity index is 243. The Morgan fingerprint density at radius 3 is 2.47 bits per heavy atom. The number of nitrogens with two attached hydrogens (primary N) is 1. The van der Waals surface area contributed by atoms with Gasteiger partial charge < -0.3 is 10.8 Å². The maximum atomic E-state index is 11.0. The van der Waals surface area contributed by atoms with Crippen LogP contribution in [0.1, 0.15) is 32.6 Å². The Kier molecular flexibility index (Phi) is 2.98. The summed E-state index contributed by atoms with van der Waals surface area (Å²) in [4.78, 5) is 13.4. The molecule has 0 aromatic rings. The van der Waals surface area contributed by atoms with Crippen LogP contribution in [0.4, 0.5) is 0 Å². The summed E-state index contributed by atoms with van der Waals surface area (Å²) in [6, 6.07) is 0.945. The number of nitrogens with zero attached hydrogens (tertiary/aromatic N) is 1. The Morgan fingerprint density at radius 2 is 2.00 bits per heavy atom. The second kappa shape index (κ2) is 4.10. The number of aliphatic hydroxyl groups excluding tert-OH is 1. The average molecular weight is 212 g/mol. The molecule has 2 aliphatic heterocycles. The zero-order valence-corrected chi connectivity index (χ0v) is 9.22. The molecule has 86 valence electrons. The van der Waals surface area contributed by atoms with Crippen molar-refractivity contribution >= 4 is 5.91 Å². The van der Waals surface area contributed by atoms with Gasteiger partial charge in [0.2, 0.25) is 5.91 Å². The minimum Gasteiger partial charge on any atom is -0.393 e. The summed E-state index contributed by atoms with van der Waals surface area (Å²) in [5.41, 5.74) is 5.28. The standard InChI is InChI=1S/C11H20N2O2/c1-7(11(12)15)6-13-8-2-3-9(13)5-10(14)4-8/h7-10,14H,2-6H2,1H3,(H2,12,15). The van der Waals surface area contributed by atoms with Crippen molar-refractivity contribution < 1.29 is 9.90 Å². The van der Waals surface area contributed by atoms with E-state index < -0.39 is 0 Å². The molecule has 0 aromatic heterocycles. The molecular weight excluding hydrogens is 192 g/mol. The Labute approximate surface area is 90.4 Å². The van der Waals surface area contributed by atoms with Crippen molar-refractivity contribution in [3.63, 3.8) is 0 Å². The van der Waals surface area contributed by atoms with Crippen molar-refractivity contribution in [3.05, 3.63) is 0 Å². The van der Waals surface area contributed by atoms with Crippen molar-refractivity contribution in [3.8, 4) is 0 Å². The number of hydrogen-bond donors (Lipinski definition) is 2. The lowest BCUT2D eigenvalue weighted by molar-refractivity contribution is -0.122. The molecule has 1 amide bonds. The van der Waals surface area contributed by atoms with Crippen LogP contribution in [0.25, 0.3) is 0 Å². The highest BCUT2D eigenvalue weighted by Gasteiger charge is 2.40. The molecular formula is C11H20N2O2. The molecule has 0 aliphatic carbocycles. The molecule has 3 unspecified atom stereocenters. The van der Waals surface area contributed by atoms with Gasteiger partial charge in [-0.3, -0.25) is 9.69 Å². The topological polar surface area (TPSA) is 66.6 Å². The maximum Gasteiger partial charge on any atom is 0.221 e. The zero-order valence-electron chi connectivity index (χ0n) is 9.22. The van der Waals surface area contributed by atoms with Gasteiger partial charge >= 0.3 is 0 Å². The first-order valence-corrected chi connectivity index (χ1v) is 5.81. The van der Waals surface area contributed by atoms with Gasteiger partial charge in [-0.05, 0) is 25.7 Å².